The first-order valence-corrected chi connectivity index (χ1v) is 10.8. The highest BCUT2D eigenvalue weighted by Crippen LogP contribution is 2.29. The molecule has 1 aromatic rings. The molecule has 8 nitrogen and oxygen atoms in total. The number of nitrogens with one attached hydrogen (secondary N) is 2. The van der Waals surface area contributed by atoms with Crippen LogP contribution in [-0.4, -0.2) is 57.5 Å². The van der Waals surface area contributed by atoms with Crippen molar-refractivity contribution in [2.24, 2.45) is 11.0 Å². The number of hydrogen-bond donors (Lipinski definition) is 2. The normalized spacial score (nSPS) is 15.5. The van der Waals surface area contributed by atoms with Crippen molar-refractivity contribution in [1.82, 2.24) is 10.6 Å². The largest absolute Gasteiger partial charge is 0.380 e. The van der Waals surface area contributed by atoms with Gasteiger partial charge in [0.15, 0.2) is 7.85 Å². The molecule has 2 N–H and O–H groups in total. The molecule has 166 valence electrons. The molecule has 0 aromatic heterocycles. The topological polar surface area (TPSA) is 100 Å². The van der Waals surface area contributed by atoms with Crippen LogP contribution in [0.5, 0.6) is 0 Å². The van der Waals surface area contributed by atoms with Crippen molar-refractivity contribution in [3.05, 3.63) is 28.2 Å². The molecule has 2 radical (unpaired) electrons. The fourth-order valence-corrected chi connectivity index (χ4v) is 3.07. The molecule has 0 aliphatic carbocycles. The maximum Gasteiger partial charge on any atom is 0.225 e. The van der Waals surface area contributed by atoms with Gasteiger partial charge in [0.2, 0.25) is 11.8 Å². The fourth-order valence-electron chi connectivity index (χ4n) is 2.78. The van der Waals surface area contributed by atoms with Crippen LogP contribution in [0.15, 0.2) is 23.3 Å². The molecule has 0 bridgehead atoms. The second-order valence-electron chi connectivity index (χ2n) is 7.15. The Bertz CT molecular complexity index is 837. The Morgan fingerprint density at radius 2 is 1.90 bits per heavy atom. The van der Waals surface area contributed by atoms with Gasteiger partial charge in [-0.3, -0.25) is 14.6 Å². The highest BCUT2D eigenvalue weighted by molar-refractivity contribution is 6.57. The lowest BCUT2D eigenvalue weighted by molar-refractivity contribution is -0.123. The van der Waals surface area contributed by atoms with Gasteiger partial charge in [-0.05, 0) is 24.6 Å². The maximum atomic E-state index is 12.2. The molecule has 1 aliphatic heterocycles. The molecule has 11 heteroatoms. The number of carbonyl (C=O) groups excluding carboxylic acids is 3. The number of hydrogen-bond acceptors (Lipinski definition) is 6. The van der Waals surface area contributed by atoms with Crippen LogP contribution in [0.4, 0.5) is 5.69 Å². The van der Waals surface area contributed by atoms with Gasteiger partial charge in [0.25, 0.3) is 0 Å². The number of nitrogens with zero attached hydrogens (tertiary/aromatic N) is 2. The Morgan fingerprint density at radius 1 is 1.16 bits per heavy atom. The summed E-state index contributed by atoms with van der Waals surface area (Å²) in [5, 5.41) is 12.7. The zero-order valence-corrected chi connectivity index (χ0v) is 18.8. The molecule has 2 rings (SSSR count). The van der Waals surface area contributed by atoms with Gasteiger partial charge in [0.05, 0.1) is 41.2 Å². The first-order valence-electron chi connectivity index (χ1n) is 10.00. The third-order valence-corrected chi connectivity index (χ3v) is 5.22. The SMILES string of the molecule is [B]C(=O)CCOCCC(=O)NCCCC(=O)NC1=NN(c2ccc(Cl)c(Cl)c2)CC1C. The first kappa shape index (κ1) is 25.2. The van der Waals surface area contributed by atoms with Gasteiger partial charge in [-0.1, -0.05) is 30.1 Å². The van der Waals surface area contributed by atoms with Gasteiger partial charge in [0.1, 0.15) is 5.84 Å². The van der Waals surface area contributed by atoms with Gasteiger partial charge >= 0.3 is 0 Å². The van der Waals surface area contributed by atoms with Crippen LogP contribution < -0.4 is 15.6 Å². The average Bonchev–Trinajstić information content (AvgIpc) is 3.07. The van der Waals surface area contributed by atoms with Crippen LogP contribution in [-0.2, 0) is 19.1 Å². The Labute approximate surface area is 193 Å². The highest BCUT2D eigenvalue weighted by atomic mass is 35.5. The zero-order chi connectivity index (χ0) is 22.8. The lowest BCUT2D eigenvalue weighted by Gasteiger charge is -2.14. The van der Waals surface area contributed by atoms with Crippen LogP contribution in [0.2, 0.25) is 10.0 Å². The minimum absolute atomic E-state index is 0.0488. The number of amides is 2. The molecule has 0 saturated carbocycles. The van der Waals surface area contributed by atoms with E-state index >= 15 is 0 Å². The predicted molar refractivity (Wildman–Crippen MR) is 122 cm³/mol. The van der Waals surface area contributed by atoms with E-state index in [1.165, 1.54) is 0 Å². The van der Waals surface area contributed by atoms with Gasteiger partial charge < -0.3 is 20.2 Å². The minimum Gasteiger partial charge on any atom is -0.380 e. The number of ether oxygens (including phenoxy) is 1. The van der Waals surface area contributed by atoms with E-state index in [9.17, 15) is 14.4 Å². The number of amidine groups is 1. The summed E-state index contributed by atoms with van der Waals surface area (Å²) in [6, 6.07) is 5.26. The summed E-state index contributed by atoms with van der Waals surface area (Å²) in [5.41, 5.74) is 0.356. The fraction of sp³-hybridized carbons (Fsp3) is 0.500. The second kappa shape index (κ2) is 12.7. The Hall–Kier alpha value is -2.10. The van der Waals surface area contributed by atoms with Gasteiger partial charge in [0, 0.05) is 31.7 Å². The third kappa shape index (κ3) is 8.89. The van der Waals surface area contributed by atoms with Crippen molar-refractivity contribution >= 4 is 60.1 Å². The van der Waals surface area contributed by atoms with E-state index in [0.717, 1.165) is 5.69 Å². The summed E-state index contributed by atoms with van der Waals surface area (Å²) in [6.45, 7) is 3.39. The van der Waals surface area contributed by atoms with E-state index in [1.54, 1.807) is 17.1 Å². The van der Waals surface area contributed by atoms with E-state index in [2.05, 4.69) is 15.7 Å². The van der Waals surface area contributed by atoms with Crippen molar-refractivity contribution in [1.29, 1.82) is 0 Å². The number of rotatable bonds is 11. The molecule has 0 fully saturated rings. The van der Waals surface area contributed by atoms with E-state index in [0.29, 0.717) is 35.4 Å². The Kier molecular flexibility index (Phi) is 10.3. The molecule has 1 aliphatic rings. The van der Waals surface area contributed by atoms with Gasteiger partial charge in [-0.15, -0.1) is 0 Å². The van der Waals surface area contributed by atoms with Crippen LogP contribution in [0.25, 0.3) is 0 Å². The molecule has 1 heterocycles. The summed E-state index contributed by atoms with van der Waals surface area (Å²) in [6.07, 6.45) is 1.07. The first-order chi connectivity index (χ1) is 14.8. The van der Waals surface area contributed by atoms with E-state index in [-0.39, 0.29) is 50.2 Å². The van der Waals surface area contributed by atoms with Crippen molar-refractivity contribution in [2.75, 3.05) is 31.3 Å². The summed E-state index contributed by atoms with van der Waals surface area (Å²) >= 11 is 12.0. The molecule has 2 amide bonds. The summed E-state index contributed by atoms with van der Waals surface area (Å²) in [7, 11) is 4.99. The van der Waals surface area contributed by atoms with E-state index < -0.39 is 5.68 Å². The molecular weight excluding hydrogens is 442 g/mol. The lowest BCUT2D eigenvalue weighted by atomic mass is 10.0. The number of carbonyl (C=O) groups is 3. The van der Waals surface area contributed by atoms with E-state index in [1.807, 2.05) is 13.0 Å². The molecule has 1 atom stereocenters. The van der Waals surface area contributed by atoms with E-state index in [4.69, 9.17) is 35.8 Å². The van der Waals surface area contributed by atoms with Crippen molar-refractivity contribution in [2.45, 2.75) is 32.6 Å². The monoisotopic (exact) mass is 466 g/mol. The number of hydrazone groups is 1. The van der Waals surface area contributed by atoms with Gasteiger partial charge in [-0.2, -0.15) is 5.10 Å². The molecule has 1 unspecified atom stereocenters. The van der Waals surface area contributed by atoms with Gasteiger partial charge in [-0.25, -0.2) is 0 Å². The van der Waals surface area contributed by atoms with Crippen LogP contribution >= 0.6 is 23.2 Å². The number of benzene rings is 1. The standard InChI is InChI=1S/C20H25BCl2N4O4/c1-13-12-27(14-4-5-15(22)16(23)11-14)26-20(13)25-19(30)3-2-8-24-18(29)7-10-31-9-6-17(21)28/h4-5,11,13H,2-3,6-10,12H2,1H3,(H,24,29)(H,25,26,30). The Balaban J connectivity index is 1.66. The molecule has 0 spiro atoms. The summed E-state index contributed by atoms with van der Waals surface area (Å²) < 4.78 is 5.14. The molecule has 0 saturated heterocycles. The Morgan fingerprint density at radius 3 is 2.61 bits per heavy atom. The minimum atomic E-state index is -0.442. The van der Waals surface area contributed by atoms with Crippen LogP contribution in [0.1, 0.15) is 32.6 Å². The third-order valence-electron chi connectivity index (χ3n) is 4.48. The second-order valence-corrected chi connectivity index (χ2v) is 7.96. The maximum absolute atomic E-state index is 12.2. The molecular formula is C20H25BCl2N4O4. The highest BCUT2D eigenvalue weighted by Gasteiger charge is 2.25. The summed E-state index contributed by atoms with van der Waals surface area (Å²) in [4.78, 5) is 34.5. The quantitative estimate of drug-likeness (QED) is 0.385. The lowest BCUT2D eigenvalue weighted by Crippen LogP contribution is -2.34. The predicted octanol–water partition coefficient (Wildman–Crippen LogP) is 2.27. The van der Waals surface area contributed by atoms with Crippen LogP contribution in [0.3, 0.4) is 0 Å². The smallest absolute Gasteiger partial charge is 0.225 e. The molecule has 31 heavy (non-hydrogen) atoms. The number of halogens is 2. The van der Waals surface area contributed by atoms with Crippen molar-refractivity contribution in [3.63, 3.8) is 0 Å². The van der Waals surface area contributed by atoms with Crippen molar-refractivity contribution in [3.8, 4) is 0 Å². The molecule has 1 aromatic carbocycles. The number of anilines is 1. The van der Waals surface area contributed by atoms with Crippen molar-refractivity contribution < 1.29 is 19.1 Å². The average molecular weight is 467 g/mol. The zero-order valence-electron chi connectivity index (χ0n) is 17.3. The van der Waals surface area contributed by atoms with Crippen LogP contribution in [0, 0.1) is 5.92 Å². The summed E-state index contributed by atoms with van der Waals surface area (Å²) in [5.74, 6) is 0.303.